The van der Waals surface area contributed by atoms with Gasteiger partial charge in [0.05, 0.1) is 10.7 Å². The van der Waals surface area contributed by atoms with Crippen LogP contribution in [0.25, 0.3) is 0 Å². The van der Waals surface area contributed by atoms with E-state index in [9.17, 15) is 0 Å². The second kappa shape index (κ2) is 6.28. The van der Waals surface area contributed by atoms with Crippen LogP contribution >= 0.6 is 11.3 Å². The molecule has 100 valence electrons. The van der Waals surface area contributed by atoms with Crippen LogP contribution in [0.5, 0.6) is 0 Å². The predicted octanol–water partition coefficient (Wildman–Crippen LogP) is 2.14. The number of aromatic nitrogens is 1. The van der Waals surface area contributed by atoms with Gasteiger partial charge in [0.15, 0.2) is 0 Å². The van der Waals surface area contributed by atoms with Crippen LogP contribution in [0, 0.1) is 0 Å². The van der Waals surface area contributed by atoms with E-state index in [4.69, 9.17) is 4.98 Å². The van der Waals surface area contributed by atoms with E-state index in [-0.39, 0.29) is 0 Å². The minimum atomic E-state index is 0.951. The Kier molecular flexibility index (Phi) is 4.23. The number of benzene rings is 1. The summed E-state index contributed by atoms with van der Waals surface area (Å²) in [5.41, 5.74) is 2.56. The maximum atomic E-state index is 4.76. The van der Waals surface area contributed by atoms with Crippen LogP contribution < -0.4 is 5.32 Å². The summed E-state index contributed by atoms with van der Waals surface area (Å²) < 4.78 is 0. The van der Waals surface area contributed by atoms with Crippen molar-refractivity contribution in [3.8, 4) is 0 Å². The van der Waals surface area contributed by atoms with Crippen molar-refractivity contribution in [1.82, 2.24) is 15.2 Å². The highest BCUT2D eigenvalue weighted by Gasteiger charge is 2.11. The minimum absolute atomic E-state index is 0.951. The van der Waals surface area contributed by atoms with Crippen LogP contribution in [0.1, 0.15) is 16.3 Å². The maximum absolute atomic E-state index is 4.76. The fourth-order valence-electron chi connectivity index (χ4n) is 2.37. The molecular formula is C15H19N3S. The van der Waals surface area contributed by atoms with Crippen LogP contribution in [0.4, 0.5) is 0 Å². The molecule has 1 fully saturated rings. The molecule has 1 N–H and O–H groups in total. The highest BCUT2D eigenvalue weighted by atomic mass is 32.1. The van der Waals surface area contributed by atoms with Crippen LogP contribution in [0.15, 0.2) is 35.7 Å². The Bertz CT molecular complexity index is 503. The Labute approximate surface area is 118 Å². The molecule has 0 aliphatic carbocycles. The summed E-state index contributed by atoms with van der Waals surface area (Å²) in [5.74, 6) is 0. The Morgan fingerprint density at radius 3 is 2.74 bits per heavy atom. The van der Waals surface area contributed by atoms with Gasteiger partial charge in [-0.25, -0.2) is 4.98 Å². The minimum Gasteiger partial charge on any atom is -0.314 e. The van der Waals surface area contributed by atoms with Gasteiger partial charge < -0.3 is 5.32 Å². The molecule has 0 radical (unpaired) electrons. The zero-order valence-corrected chi connectivity index (χ0v) is 11.8. The molecule has 1 aliphatic rings. The third-order valence-corrected chi connectivity index (χ3v) is 4.29. The van der Waals surface area contributed by atoms with Gasteiger partial charge in [-0.15, -0.1) is 11.3 Å². The summed E-state index contributed by atoms with van der Waals surface area (Å²) in [5, 5.41) is 6.81. The molecule has 2 aromatic rings. The summed E-state index contributed by atoms with van der Waals surface area (Å²) >= 11 is 1.78. The highest BCUT2D eigenvalue weighted by Crippen LogP contribution is 2.16. The van der Waals surface area contributed by atoms with E-state index in [1.165, 1.54) is 16.3 Å². The zero-order valence-electron chi connectivity index (χ0n) is 11.0. The summed E-state index contributed by atoms with van der Waals surface area (Å²) in [4.78, 5) is 7.23. The van der Waals surface area contributed by atoms with E-state index in [1.807, 2.05) is 0 Å². The van der Waals surface area contributed by atoms with Crippen molar-refractivity contribution in [3.05, 3.63) is 52.0 Å². The normalized spacial score (nSPS) is 16.6. The van der Waals surface area contributed by atoms with Gasteiger partial charge in [0.2, 0.25) is 0 Å². The largest absolute Gasteiger partial charge is 0.314 e. The van der Waals surface area contributed by atoms with Crippen molar-refractivity contribution in [2.24, 2.45) is 0 Å². The monoisotopic (exact) mass is 273 g/mol. The van der Waals surface area contributed by atoms with Crippen molar-refractivity contribution in [3.63, 3.8) is 0 Å². The Hall–Kier alpha value is -1.23. The van der Waals surface area contributed by atoms with E-state index >= 15 is 0 Å². The maximum Gasteiger partial charge on any atom is 0.0972 e. The van der Waals surface area contributed by atoms with Gasteiger partial charge in [-0.05, 0) is 5.56 Å². The summed E-state index contributed by atoms with van der Waals surface area (Å²) in [7, 11) is 0. The smallest absolute Gasteiger partial charge is 0.0972 e. The van der Waals surface area contributed by atoms with E-state index in [2.05, 4.69) is 45.9 Å². The lowest BCUT2D eigenvalue weighted by Gasteiger charge is -2.26. The molecule has 3 nitrogen and oxygen atoms in total. The van der Waals surface area contributed by atoms with Crippen LogP contribution in [0.2, 0.25) is 0 Å². The molecule has 0 unspecified atom stereocenters. The average molecular weight is 273 g/mol. The number of rotatable bonds is 4. The summed E-state index contributed by atoms with van der Waals surface area (Å²) in [6, 6.07) is 10.6. The topological polar surface area (TPSA) is 28.2 Å². The standard InChI is InChI=1S/C15H19N3S/c1-2-4-13(5-3-1)10-15-17-14(12-19-15)11-18-8-6-16-7-9-18/h1-5,12,16H,6-11H2. The molecule has 1 saturated heterocycles. The second-order valence-electron chi connectivity index (χ2n) is 4.92. The molecule has 1 aliphatic heterocycles. The number of piperazine rings is 1. The summed E-state index contributed by atoms with van der Waals surface area (Å²) in [6.45, 7) is 5.45. The number of nitrogens with zero attached hydrogens (tertiary/aromatic N) is 2. The third kappa shape index (κ3) is 3.62. The molecule has 0 atom stereocenters. The molecule has 0 bridgehead atoms. The third-order valence-electron chi connectivity index (χ3n) is 3.39. The lowest BCUT2D eigenvalue weighted by atomic mass is 10.2. The first-order valence-electron chi connectivity index (χ1n) is 6.80. The first-order chi connectivity index (χ1) is 9.40. The summed E-state index contributed by atoms with van der Waals surface area (Å²) in [6.07, 6.45) is 0.951. The van der Waals surface area contributed by atoms with Gasteiger partial charge in [0, 0.05) is 44.5 Å². The van der Waals surface area contributed by atoms with Crippen molar-refractivity contribution in [1.29, 1.82) is 0 Å². The quantitative estimate of drug-likeness (QED) is 0.925. The lowest BCUT2D eigenvalue weighted by Crippen LogP contribution is -2.42. The molecule has 0 amide bonds. The van der Waals surface area contributed by atoms with E-state index < -0.39 is 0 Å². The molecular weight excluding hydrogens is 254 g/mol. The fraction of sp³-hybridized carbons (Fsp3) is 0.400. The van der Waals surface area contributed by atoms with Gasteiger partial charge >= 0.3 is 0 Å². The molecule has 3 rings (SSSR count). The van der Waals surface area contributed by atoms with E-state index in [0.717, 1.165) is 39.1 Å². The van der Waals surface area contributed by atoms with Crippen molar-refractivity contribution in [2.45, 2.75) is 13.0 Å². The van der Waals surface area contributed by atoms with Gasteiger partial charge in [-0.2, -0.15) is 0 Å². The van der Waals surface area contributed by atoms with Crippen LogP contribution in [-0.4, -0.2) is 36.1 Å². The van der Waals surface area contributed by atoms with Crippen molar-refractivity contribution in [2.75, 3.05) is 26.2 Å². The highest BCUT2D eigenvalue weighted by molar-refractivity contribution is 7.09. The lowest BCUT2D eigenvalue weighted by molar-refractivity contribution is 0.231. The molecule has 0 spiro atoms. The Morgan fingerprint density at radius 2 is 1.95 bits per heavy atom. The second-order valence-corrected chi connectivity index (χ2v) is 5.86. The van der Waals surface area contributed by atoms with Gasteiger partial charge in [0.1, 0.15) is 0 Å². The van der Waals surface area contributed by atoms with E-state index in [0.29, 0.717) is 0 Å². The fourth-order valence-corrected chi connectivity index (χ4v) is 3.19. The molecule has 19 heavy (non-hydrogen) atoms. The van der Waals surface area contributed by atoms with E-state index in [1.54, 1.807) is 11.3 Å². The first-order valence-corrected chi connectivity index (χ1v) is 7.68. The van der Waals surface area contributed by atoms with Gasteiger partial charge in [-0.1, -0.05) is 30.3 Å². The first kappa shape index (κ1) is 12.8. The molecule has 0 saturated carbocycles. The van der Waals surface area contributed by atoms with Gasteiger partial charge in [-0.3, -0.25) is 4.90 Å². The van der Waals surface area contributed by atoms with Crippen LogP contribution in [0.3, 0.4) is 0 Å². The number of hydrogen-bond donors (Lipinski definition) is 1. The van der Waals surface area contributed by atoms with Crippen molar-refractivity contribution < 1.29 is 0 Å². The SMILES string of the molecule is c1ccc(Cc2nc(CN3CCNCC3)cs2)cc1. The molecule has 4 heteroatoms. The number of thiazole rings is 1. The predicted molar refractivity (Wildman–Crippen MR) is 79.5 cm³/mol. The van der Waals surface area contributed by atoms with Gasteiger partial charge in [0.25, 0.3) is 0 Å². The Balaban J connectivity index is 1.59. The molecule has 1 aromatic carbocycles. The van der Waals surface area contributed by atoms with Crippen molar-refractivity contribution >= 4 is 11.3 Å². The van der Waals surface area contributed by atoms with Crippen LogP contribution in [-0.2, 0) is 13.0 Å². The average Bonchev–Trinajstić information content (AvgIpc) is 2.88. The number of nitrogens with one attached hydrogen (secondary N) is 1. The number of hydrogen-bond acceptors (Lipinski definition) is 4. The molecule has 2 heterocycles. The Morgan fingerprint density at radius 1 is 1.16 bits per heavy atom. The zero-order chi connectivity index (χ0) is 12.9. The molecule has 1 aromatic heterocycles.